The number of hydrogen-bond acceptors (Lipinski definition) is 4. The fourth-order valence-electron chi connectivity index (χ4n) is 3.56. The Balaban J connectivity index is 1.73. The van der Waals surface area contributed by atoms with Crippen LogP contribution in [0.5, 0.6) is 5.88 Å². The first-order valence-corrected chi connectivity index (χ1v) is 8.42. The van der Waals surface area contributed by atoms with Gasteiger partial charge in [-0.15, -0.1) is 0 Å². The molecular weight excluding hydrogens is 274 g/mol. The van der Waals surface area contributed by atoms with Crippen molar-refractivity contribution in [2.24, 2.45) is 0 Å². The van der Waals surface area contributed by atoms with Crippen molar-refractivity contribution in [2.45, 2.75) is 31.8 Å². The van der Waals surface area contributed by atoms with E-state index in [1.165, 1.54) is 29.3 Å². The van der Waals surface area contributed by atoms with E-state index >= 15 is 0 Å². The topological polar surface area (TPSA) is 37.4 Å². The van der Waals surface area contributed by atoms with Crippen molar-refractivity contribution < 1.29 is 4.74 Å². The molecule has 116 valence electrons. The highest BCUT2D eigenvalue weighted by atomic mass is 16.5. The Morgan fingerprint density at radius 3 is 2.73 bits per heavy atom. The maximum absolute atomic E-state index is 6.29. The Kier molecular flexibility index (Phi) is 3.85. The van der Waals surface area contributed by atoms with E-state index < -0.39 is 0 Å². The summed E-state index contributed by atoms with van der Waals surface area (Å²) in [4.78, 5) is 7.04. The molecule has 4 heteroatoms. The van der Waals surface area contributed by atoms with Gasteiger partial charge in [-0.1, -0.05) is 12.1 Å². The lowest BCUT2D eigenvalue weighted by molar-refractivity contribution is 0.158. The summed E-state index contributed by atoms with van der Waals surface area (Å²) in [5.41, 5.74) is 1.28. The number of nitrogens with zero attached hydrogens (tertiary/aromatic N) is 2. The van der Waals surface area contributed by atoms with Gasteiger partial charge in [0.15, 0.2) is 0 Å². The van der Waals surface area contributed by atoms with E-state index in [-0.39, 0.29) is 6.10 Å². The molecule has 0 atom stereocenters. The van der Waals surface area contributed by atoms with Crippen molar-refractivity contribution in [1.29, 1.82) is 0 Å². The van der Waals surface area contributed by atoms with Crippen molar-refractivity contribution in [2.75, 3.05) is 31.1 Å². The summed E-state index contributed by atoms with van der Waals surface area (Å²) in [6.07, 6.45) is 6.83. The van der Waals surface area contributed by atoms with Crippen LogP contribution in [0, 0.1) is 0 Å². The first-order chi connectivity index (χ1) is 10.9. The van der Waals surface area contributed by atoms with E-state index in [1.807, 2.05) is 6.20 Å². The van der Waals surface area contributed by atoms with Gasteiger partial charge < -0.3 is 15.0 Å². The van der Waals surface area contributed by atoms with Gasteiger partial charge in [0.1, 0.15) is 6.10 Å². The molecule has 1 aromatic carbocycles. The number of fused-ring (bicyclic) bond motifs is 1. The zero-order chi connectivity index (χ0) is 14.8. The number of rotatable bonds is 3. The van der Waals surface area contributed by atoms with Crippen LogP contribution in [-0.4, -0.2) is 37.3 Å². The summed E-state index contributed by atoms with van der Waals surface area (Å²) in [5.74, 6) is 0.812. The van der Waals surface area contributed by atoms with Gasteiger partial charge in [-0.05, 0) is 56.3 Å². The van der Waals surface area contributed by atoms with Crippen LogP contribution < -0.4 is 15.0 Å². The normalized spacial score (nSPS) is 19.7. The van der Waals surface area contributed by atoms with Gasteiger partial charge in [-0.2, -0.15) is 0 Å². The monoisotopic (exact) mass is 297 g/mol. The van der Waals surface area contributed by atoms with Crippen LogP contribution in [0.4, 0.5) is 5.69 Å². The summed E-state index contributed by atoms with van der Waals surface area (Å²) in [7, 11) is 0. The Labute approximate surface area is 131 Å². The third-order valence-electron chi connectivity index (χ3n) is 4.75. The number of benzene rings is 1. The van der Waals surface area contributed by atoms with Gasteiger partial charge in [0.2, 0.25) is 5.88 Å². The van der Waals surface area contributed by atoms with Gasteiger partial charge in [0, 0.05) is 19.3 Å². The average Bonchev–Trinajstić information content (AvgIpc) is 3.10. The number of aromatic nitrogens is 1. The molecule has 0 radical (unpaired) electrons. The molecule has 0 saturated carbocycles. The summed E-state index contributed by atoms with van der Waals surface area (Å²) >= 11 is 0. The first-order valence-electron chi connectivity index (χ1n) is 8.42. The van der Waals surface area contributed by atoms with Crippen LogP contribution in [0.3, 0.4) is 0 Å². The molecule has 2 aliphatic rings. The molecule has 0 spiro atoms. The van der Waals surface area contributed by atoms with Crippen molar-refractivity contribution in [3.05, 3.63) is 30.5 Å². The molecule has 1 aromatic heterocycles. The SMILES string of the molecule is c1cc(N2CCCC2)c2c(OC3CCNCC3)nccc2c1. The molecule has 1 N–H and O–H groups in total. The molecule has 0 aliphatic carbocycles. The maximum atomic E-state index is 6.29. The molecule has 22 heavy (non-hydrogen) atoms. The smallest absolute Gasteiger partial charge is 0.223 e. The standard InChI is InChI=1S/C18H23N3O/c1-2-13-21(12-1)16-5-3-4-14-6-11-20-18(17(14)16)22-15-7-9-19-10-8-15/h3-6,11,15,19H,1-2,7-10,12-13H2. The second-order valence-electron chi connectivity index (χ2n) is 6.25. The number of ether oxygens (including phenoxy) is 1. The summed E-state index contributed by atoms with van der Waals surface area (Å²) in [6, 6.07) is 8.60. The molecule has 2 fully saturated rings. The van der Waals surface area contributed by atoms with E-state index in [0.717, 1.165) is 44.9 Å². The van der Waals surface area contributed by atoms with E-state index in [0.29, 0.717) is 0 Å². The Hall–Kier alpha value is -1.81. The Morgan fingerprint density at radius 1 is 1.09 bits per heavy atom. The van der Waals surface area contributed by atoms with Crippen LogP contribution in [0.25, 0.3) is 10.8 Å². The predicted molar refractivity (Wildman–Crippen MR) is 89.7 cm³/mol. The number of anilines is 1. The lowest BCUT2D eigenvalue weighted by Gasteiger charge is -2.25. The number of piperidine rings is 1. The van der Waals surface area contributed by atoms with Crippen molar-refractivity contribution in [1.82, 2.24) is 10.3 Å². The van der Waals surface area contributed by atoms with Crippen LogP contribution in [0.15, 0.2) is 30.5 Å². The largest absolute Gasteiger partial charge is 0.474 e. The lowest BCUT2D eigenvalue weighted by Crippen LogP contribution is -2.34. The van der Waals surface area contributed by atoms with Gasteiger partial charge in [0.05, 0.1) is 11.1 Å². The zero-order valence-electron chi connectivity index (χ0n) is 12.9. The van der Waals surface area contributed by atoms with E-state index in [2.05, 4.69) is 39.5 Å². The quantitative estimate of drug-likeness (QED) is 0.945. The molecule has 3 heterocycles. The molecule has 4 rings (SSSR count). The fraction of sp³-hybridized carbons (Fsp3) is 0.500. The van der Waals surface area contributed by atoms with Crippen molar-refractivity contribution in [3.63, 3.8) is 0 Å². The molecule has 0 amide bonds. The molecule has 2 aliphatic heterocycles. The van der Waals surface area contributed by atoms with Gasteiger partial charge in [0.25, 0.3) is 0 Å². The fourth-order valence-corrected chi connectivity index (χ4v) is 3.56. The summed E-state index contributed by atoms with van der Waals surface area (Å²) in [5, 5.41) is 5.80. The predicted octanol–water partition coefficient (Wildman–Crippen LogP) is 2.97. The van der Waals surface area contributed by atoms with Crippen LogP contribution in [0.1, 0.15) is 25.7 Å². The van der Waals surface area contributed by atoms with Crippen LogP contribution in [-0.2, 0) is 0 Å². The zero-order valence-corrected chi connectivity index (χ0v) is 12.9. The van der Waals surface area contributed by atoms with Crippen molar-refractivity contribution >= 4 is 16.5 Å². The minimum Gasteiger partial charge on any atom is -0.474 e. The molecule has 0 unspecified atom stereocenters. The Morgan fingerprint density at radius 2 is 1.91 bits per heavy atom. The number of hydrogen-bond donors (Lipinski definition) is 1. The van der Waals surface area contributed by atoms with Gasteiger partial charge >= 0.3 is 0 Å². The molecule has 2 saturated heterocycles. The Bertz CT molecular complexity index is 641. The first kappa shape index (κ1) is 13.8. The third-order valence-corrected chi connectivity index (χ3v) is 4.75. The highest BCUT2D eigenvalue weighted by Gasteiger charge is 2.20. The lowest BCUT2D eigenvalue weighted by atomic mass is 10.1. The third kappa shape index (κ3) is 2.63. The highest BCUT2D eigenvalue weighted by molar-refractivity contribution is 5.98. The minimum absolute atomic E-state index is 0.283. The van der Waals surface area contributed by atoms with Gasteiger partial charge in [-0.25, -0.2) is 4.98 Å². The second-order valence-corrected chi connectivity index (χ2v) is 6.25. The average molecular weight is 297 g/mol. The van der Waals surface area contributed by atoms with Gasteiger partial charge in [-0.3, -0.25) is 0 Å². The molecule has 4 nitrogen and oxygen atoms in total. The second kappa shape index (κ2) is 6.13. The molecule has 2 aromatic rings. The summed E-state index contributed by atoms with van der Waals surface area (Å²) < 4.78 is 6.29. The number of pyridine rings is 1. The maximum Gasteiger partial charge on any atom is 0.223 e. The van der Waals surface area contributed by atoms with E-state index in [4.69, 9.17) is 4.74 Å². The summed E-state index contributed by atoms with van der Waals surface area (Å²) in [6.45, 7) is 4.35. The van der Waals surface area contributed by atoms with Crippen molar-refractivity contribution in [3.8, 4) is 5.88 Å². The van der Waals surface area contributed by atoms with E-state index in [9.17, 15) is 0 Å². The minimum atomic E-state index is 0.283. The molecule has 0 bridgehead atoms. The molecular formula is C18H23N3O. The van der Waals surface area contributed by atoms with E-state index in [1.54, 1.807) is 0 Å². The number of nitrogens with one attached hydrogen (secondary N) is 1. The highest BCUT2D eigenvalue weighted by Crippen LogP contribution is 2.35. The van der Waals surface area contributed by atoms with Crippen LogP contribution in [0.2, 0.25) is 0 Å². The van der Waals surface area contributed by atoms with Crippen LogP contribution >= 0.6 is 0 Å².